The van der Waals surface area contributed by atoms with Crippen LogP contribution in [-0.2, 0) is 0 Å². The van der Waals surface area contributed by atoms with Gasteiger partial charge in [0.2, 0.25) is 0 Å². The molecule has 1 aliphatic rings. The molecule has 1 N–H and O–H groups in total. The van der Waals surface area contributed by atoms with Crippen molar-refractivity contribution in [3.8, 4) is 5.75 Å². The van der Waals surface area contributed by atoms with E-state index in [0.717, 1.165) is 25.7 Å². The van der Waals surface area contributed by atoms with Crippen molar-refractivity contribution < 1.29 is 18.6 Å². The summed E-state index contributed by atoms with van der Waals surface area (Å²) in [5, 5.41) is 10.4. The summed E-state index contributed by atoms with van der Waals surface area (Å²) in [6.45, 7) is -2.83. The molecule has 1 aromatic rings. The van der Waals surface area contributed by atoms with Gasteiger partial charge in [0.1, 0.15) is 5.75 Å². The molecule has 106 valence electrons. The number of aliphatic hydroxyl groups is 1. The molecular weight excluding hydrogens is 250 g/mol. The van der Waals surface area contributed by atoms with E-state index < -0.39 is 12.7 Å². The molecule has 0 spiro atoms. The summed E-state index contributed by atoms with van der Waals surface area (Å²) in [6, 6.07) is 6.41. The van der Waals surface area contributed by atoms with Gasteiger partial charge in [-0.3, -0.25) is 0 Å². The number of alkyl halides is 2. The highest BCUT2D eigenvalue weighted by atomic mass is 19.3. The quantitative estimate of drug-likeness (QED) is 0.827. The Kier molecular flexibility index (Phi) is 5.14. The van der Waals surface area contributed by atoms with Crippen molar-refractivity contribution in [1.29, 1.82) is 0 Å². The van der Waals surface area contributed by atoms with Crippen LogP contribution in [0.5, 0.6) is 5.75 Å². The topological polar surface area (TPSA) is 29.5 Å². The van der Waals surface area contributed by atoms with Crippen LogP contribution >= 0.6 is 0 Å². The minimum atomic E-state index is -2.83. The Hall–Kier alpha value is -1.16. The molecule has 1 aromatic carbocycles. The van der Waals surface area contributed by atoms with Crippen LogP contribution in [0.4, 0.5) is 8.78 Å². The number of hydrogen-bond donors (Lipinski definition) is 1. The smallest absolute Gasteiger partial charge is 0.387 e. The Labute approximate surface area is 112 Å². The first-order valence-electron chi connectivity index (χ1n) is 6.89. The normalized spacial score (nSPS) is 19.2. The lowest BCUT2D eigenvalue weighted by Gasteiger charge is -2.22. The fraction of sp³-hybridized carbons (Fsp3) is 0.600. The molecule has 0 saturated heterocycles. The van der Waals surface area contributed by atoms with Crippen molar-refractivity contribution in [1.82, 2.24) is 0 Å². The SMILES string of the molecule is OC(c1cccc(OC(F)F)c1)C1CCCCCC1. The largest absolute Gasteiger partial charge is 0.435 e. The highest BCUT2D eigenvalue weighted by Gasteiger charge is 2.22. The standard InChI is InChI=1S/C15H20F2O2/c16-15(17)19-13-9-5-8-12(10-13)14(18)11-6-3-1-2-4-7-11/h5,8-11,14-15,18H,1-4,6-7H2. The molecule has 2 rings (SSSR count). The van der Waals surface area contributed by atoms with Gasteiger partial charge in [-0.2, -0.15) is 8.78 Å². The second kappa shape index (κ2) is 6.85. The Bertz CT molecular complexity index is 387. The third kappa shape index (κ3) is 4.16. The van der Waals surface area contributed by atoms with Gasteiger partial charge in [0.15, 0.2) is 0 Å². The van der Waals surface area contributed by atoms with Crippen LogP contribution in [0.1, 0.15) is 50.2 Å². The van der Waals surface area contributed by atoms with E-state index in [1.807, 2.05) is 0 Å². The highest BCUT2D eigenvalue weighted by molar-refractivity contribution is 5.30. The first kappa shape index (κ1) is 14.3. The van der Waals surface area contributed by atoms with Crippen LogP contribution in [0.2, 0.25) is 0 Å². The maximum Gasteiger partial charge on any atom is 0.387 e. The Morgan fingerprint density at radius 3 is 2.42 bits per heavy atom. The Morgan fingerprint density at radius 1 is 1.11 bits per heavy atom. The van der Waals surface area contributed by atoms with Crippen LogP contribution in [-0.4, -0.2) is 11.7 Å². The van der Waals surface area contributed by atoms with E-state index in [2.05, 4.69) is 4.74 Å². The van der Waals surface area contributed by atoms with Crippen LogP contribution in [0.3, 0.4) is 0 Å². The number of halogens is 2. The number of aliphatic hydroxyl groups excluding tert-OH is 1. The van der Waals surface area contributed by atoms with Crippen LogP contribution in [0.15, 0.2) is 24.3 Å². The van der Waals surface area contributed by atoms with Gasteiger partial charge in [0, 0.05) is 0 Å². The first-order chi connectivity index (χ1) is 9.16. The summed E-state index contributed by atoms with van der Waals surface area (Å²) in [5.74, 6) is 0.337. The van der Waals surface area contributed by atoms with Crippen molar-refractivity contribution in [3.05, 3.63) is 29.8 Å². The number of benzene rings is 1. The molecule has 0 radical (unpaired) electrons. The van der Waals surface area contributed by atoms with Crippen LogP contribution in [0.25, 0.3) is 0 Å². The molecule has 0 amide bonds. The minimum Gasteiger partial charge on any atom is -0.435 e. The van der Waals surface area contributed by atoms with E-state index in [0.29, 0.717) is 5.56 Å². The van der Waals surface area contributed by atoms with Crippen molar-refractivity contribution >= 4 is 0 Å². The second-order valence-electron chi connectivity index (χ2n) is 5.15. The van der Waals surface area contributed by atoms with Crippen molar-refractivity contribution in [2.75, 3.05) is 0 Å². The molecule has 19 heavy (non-hydrogen) atoms. The van der Waals surface area contributed by atoms with Gasteiger partial charge in [-0.05, 0) is 36.5 Å². The summed E-state index contributed by atoms with van der Waals surface area (Å²) < 4.78 is 28.7. The lowest BCUT2D eigenvalue weighted by molar-refractivity contribution is -0.0500. The fourth-order valence-electron chi connectivity index (χ4n) is 2.77. The summed E-state index contributed by atoms with van der Waals surface area (Å²) in [7, 11) is 0. The summed E-state index contributed by atoms with van der Waals surface area (Å²) >= 11 is 0. The zero-order valence-corrected chi connectivity index (χ0v) is 10.9. The molecule has 1 aliphatic carbocycles. The van der Waals surface area contributed by atoms with Gasteiger partial charge in [-0.25, -0.2) is 0 Å². The van der Waals surface area contributed by atoms with E-state index in [4.69, 9.17) is 0 Å². The monoisotopic (exact) mass is 270 g/mol. The number of hydrogen-bond acceptors (Lipinski definition) is 2. The number of ether oxygens (including phenoxy) is 1. The van der Waals surface area contributed by atoms with Gasteiger partial charge in [-0.15, -0.1) is 0 Å². The molecule has 1 saturated carbocycles. The Balaban J connectivity index is 2.06. The number of rotatable bonds is 4. The molecule has 1 fully saturated rings. The lowest BCUT2D eigenvalue weighted by Crippen LogP contribution is -2.12. The molecule has 4 heteroatoms. The molecule has 1 unspecified atom stereocenters. The third-order valence-electron chi connectivity index (χ3n) is 3.77. The summed E-state index contributed by atoms with van der Waals surface area (Å²) in [5.41, 5.74) is 0.671. The minimum absolute atomic E-state index is 0.111. The van der Waals surface area contributed by atoms with Gasteiger partial charge in [0.05, 0.1) is 6.10 Å². The summed E-state index contributed by atoms with van der Waals surface area (Å²) in [6.07, 6.45) is 6.13. The zero-order chi connectivity index (χ0) is 13.7. The van der Waals surface area contributed by atoms with Crippen molar-refractivity contribution in [2.24, 2.45) is 5.92 Å². The summed E-state index contributed by atoms with van der Waals surface area (Å²) in [4.78, 5) is 0. The molecule has 0 aliphatic heterocycles. The first-order valence-corrected chi connectivity index (χ1v) is 6.89. The predicted molar refractivity (Wildman–Crippen MR) is 69.2 cm³/mol. The van der Waals surface area contributed by atoms with Crippen molar-refractivity contribution in [2.45, 2.75) is 51.2 Å². The zero-order valence-electron chi connectivity index (χ0n) is 10.9. The molecule has 1 atom stereocenters. The van der Waals surface area contributed by atoms with E-state index in [-0.39, 0.29) is 11.7 Å². The maximum absolute atomic E-state index is 12.2. The van der Waals surface area contributed by atoms with Gasteiger partial charge < -0.3 is 9.84 Å². The molecule has 0 bridgehead atoms. The lowest BCUT2D eigenvalue weighted by atomic mass is 9.89. The van der Waals surface area contributed by atoms with E-state index in [1.54, 1.807) is 12.1 Å². The van der Waals surface area contributed by atoms with Gasteiger partial charge in [-0.1, -0.05) is 37.8 Å². The van der Waals surface area contributed by atoms with Gasteiger partial charge >= 0.3 is 6.61 Å². The molecular formula is C15H20F2O2. The highest BCUT2D eigenvalue weighted by Crippen LogP contribution is 2.34. The van der Waals surface area contributed by atoms with Crippen LogP contribution in [0, 0.1) is 5.92 Å². The average molecular weight is 270 g/mol. The molecule has 2 nitrogen and oxygen atoms in total. The van der Waals surface area contributed by atoms with E-state index in [1.165, 1.54) is 25.0 Å². The molecule has 0 heterocycles. The van der Waals surface area contributed by atoms with E-state index in [9.17, 15) is 13.9 Å². The van der Waals surface area contributed by atoms with Gasteiger partial charge in [0.25, 0.3) is 0 Å². The Morgan fingerprint density at radius 2 is 1.79 bits per heavy atom. The fourth-order valence-corrected chi connectivity index (χ4v) is 2.77. The maximum atomic E-state index is 12.2. The average Bonchev–Trinajstić information content (AvgIpc) is 2.66. The second-order valence-corrected chi connectivity index (χ2v) is 5.15. The molecule has 0 aromatic heterocycles. The predicted octanol–water partition coefficient (Wildman–Crippen LogP) is 4.29. The van der Waals surface area contributed by atoms with Crippen LogP contribution < -0.4 is 4.74 Å². The van der Waals surface area contributed by atoms with Crippen molar-refractivity contribution in [3.63, 3.8) is 0 Å². The van der Waals surface area contributed by atoms with E-state index >= 15 is 0 Å². The third-order valence-corrected chi connectivity index (χ3v) is 3.77.